The summed E-state index contributed by atoms with van der Waals surface area (Å²) in [5.41, 5.74) is -0.434. The summed E-state index contributed by atoms with van der Waals surface area (Å²) in [5, 5.41) is 9.11. The van der Waals surface area contributed by atoms with E-state index in [9.17, 15) is 8.42 Å². The highest BCUT2D eigenvalue weighted by molar-refractivity contribution is 7.86. The number of hydrogen-bond acceptors (Lipinski definition) is 3. The van der Waals surface area contributed by atoms with E-state index in [0.717, 1.165) is 12.8 Å². The van der Waals surface area contributed by atoms with Crippen LogP contribution in [0.25, 0.3) is 0 Å². The van der Waals surface area contributed by atoms with Crippen molar-refractivity contribution in [2.45, 2.75) is 45.5 Å². The van der Waals surface area contributed by atoms with Gasteiger partial charge in [0.1, 0.15) is 0 Å². The van der Waals surface area contributed by atoms with Crippen molar-refractivity contribution < 1.29 is 18.1 Å². The van der Waals surface area contributed by atoms with Crippen LogP contribution in [0.5, 0.6) is 0 Å². The van der Waals surface area contributed by atoms with Crippen molar-refractivity contribution in [3.05, 3.63) is 11.6 Å². The molecule has 0 saturated carbocycles. The molecule has 0 aliphatic carbocycles. The normalized spacial score (nSPS) is 15.8. The predicted molar refractivity (Wildman–Crippen MR) is 60.0 cm³/mol. The van der Waals surface area contributed by atoms with Gasteiger partial charge >= 0.3 is 0 Å². The first kappa shape index (κ1) is 14.6. The minimum atomic E-state index is -4.30. The Hall–Kier alpha value is -0.390. The lowest BCUT2D eigenvalue weighted by Gasteiger charge is -2.13. The van der Waals surface area contributed by atoms with Crippen molar-refractivity contribution in [3.63, 3.8) is 0 Å². The Kier molecular flexibility index (Phi) is 6.09. The topological polar surface area (TPSA) is 74.6 Å². The van der Waals surface area contributed by atoms with E-state index in [1.807, 2.05) is 20.8 Å². The summed E-state index contributed by atoms with van der Waals surface area (Å²) in [7, 11) is -4.30. The summed E-state index contributed by atoms with van der Waals surface area (Å²) in [6.07, 6.45) is 3.81. The maximum atomic E-state index is 10.5. The average molecular weight is 236 g/mol. The van der Waals surface area contributed by atoms with E-state index in [-0.39, 0.29) is 12.3 Å². The monoisotopic (exact) mass is 236 g/mol. The van der Waals surface area contributed by atoms with Gasteiger partial charge in [-0.05, 0) is 39.0 Å². The highest BCUT2D eigenvalue weighted by Gasteiger charge is 2.21. The molecule has 0 amide bonds. The van der Waals surface area contributed by atoms with Gasteiger partial charge < -0.3 is 5.11 Å². The quantitative estimate of drug-likeness (QED) is 0.546. The molecule has 90 valence electrons. The van der Waals surface area contributed by atoms with Crippen LogP contribution in [0.15, 0.2) is 11.6 Å². The molecule has 0 aliphatic rings. The van der Waals surface area contributed by atoms with Crippen LogP contribution >= 0.6 is 0 Å². The molecular weight excluding hydrogens is 216 g/mol. The first-order valence-corrected chi connectivity index (χ1v) is 6.51. The molecule has 0 saturated heterocycles. The van der Waals surface area contributed by atoms with Gasteiger partial charge in [-0.3, -0.25) is 4.55 Å². The molecule has 0 radical (unpaired) electrons. The highest BCUT2D eigenvalue weighted by Crippen LogP contribution is 2.16. The van der Waals surface area contributed by atoms with Crippen molar-refractivity contribution >= 4 is 10.1 Å². The van der Waals surface area contributed by atoms with Crippen LogP contribution in [0, 0.1) is 5.92 Å². The standard InChI is InChI=1S/C10H20O4S/c1-8(2)5-4-6-9(3)7-10(11)15(12,13)14/h5,9-11H,4,6-7H2,1-3H3,(H,12,13,14)/t9-,10-/m1/s1. The fourth-order valence-electron chi connectivity index (χ4n) is 1.24. The van der Waals surface area contributed by atoms with E-state index in [0.29, 0.717) is 0 Å². The predicted octanol–water partition coefficient (Wildman–Crippen LogP) is 1.97. The Labute approximate surface area is 91.8 Å². The van der Waals surface area contributed by atoms with Gasteiger partial charge in [0.15, 0.2) is 5.44 Å². The molecule has 5 heteroatoms. The third-order valence-electron chi connectivity index (χ3n) is 2.16. The molecule has 4 nitrogen and oxygen atoms in total. The van der Waals surface area contributed by atoms with Gasteiger partial charge in [-0.1, -0.05) is 18.6 Å². The Morgan fingerprint density at radius 2 is 1.93 bits per heavy atom. The van der Waals surface area contributed by atoms with Gasteiger partial charge in [0, 0.05) is 0 Å². The summed E-state index contributed by atoms with van der Waals surface area (Å²) in [6.45, 7) is 5.85. The Morgan fingerprint density at radius 1 is 1.40 bits per heavy atom. The van der Waals surface area contributed by atoms with Crippen molar-refractivity contribution in [1.82, 2.24) is 0 Å². The molecule has 0 heterocycles. The summed E-state index contributed by atoms with van der Waals surface area (Å²) in [6, 6.07) is 0. The summed E-state index contributed by atoms with van der Waals surface area (Å²) < 4.78 is 29.6. The molecule has 0 fully saturated rings. The Morgan fingerprint density at radius 3 is 2.33 bits per heavy atom. The Balaban J connectivity index is 3.95. The van der Waals surface area contributed by atoms with Crippen LogP contribution in [-0.2, 0) is 10.1 Å². The van der Waals surface area contributed by atoms with Gasteiger partial charge in [0.25, 0.3) is 10.1 Å². The number of hydrogen-bond donors (Lipinski definition) is 2. The molecule has 0 aromatic carbocycles. The van der Waals surface area contributed by atoms with E-state index < -0.39 is 15.6 Å². The van der Waals surface area contributed by atoms with Crippen LogP contribution in [-0.4, -0.2) is 23.5 Å². The molecule has 0 bridgehead atoms. The van der Waals surface area contributed by atoms with Crippen LogP contribution < -0.4 is 0 Å². The molecule has 15 heavy (non-hydrogen) atoms. The fourth-order valence-corrected chi connectivity index (χ4v) is 1.81. The SMILES string of the molecule is CC(C)=CCC[C@@H](C)C[C@H](O)S(=O)(=O)O. The molecule has 0 aromatic heterocycles. The Bertz CT molecular complexity index is 301. The molecular formula is C10H20O4S. The highest BCUT2D eigenvalue weighted by atomic mass is 32.2. The van der Waals surface area contributed by atoms with E-state index in [1.54, 1.807) is 0 Å². The smallest absolute Gasteiger partial charge is 0.291 e. The summed E-state index contributed by atoms with van der Waals surface area (Å²) >= 11 is 0. The van der Waals surface area contributed by atoms with Crippen LogP contribution in [0.3, 0.4) is 0 Å². The van der Waals surface area contributed by atoms with Gasteiger partial charge in [-0.15, -0.1) is 0 Å². The average Bonchev–Trinajstić information content (AvgIpc) is 2.01. The third kappa shape index (κ3) is 7.53. The maximum absolute atomic E-state index is 10.5. The van der Waals surface area contributed by atoms with Crippen molar-refractivity contribution in [3.8, 4) is 0 Å². The van der Waals surface area contributed by atoms with E-state index in [4.69, 9.17) is 9.66 Å². The third-order valence-corrected chi connectivity index (χ3v) is 3.04. The van der Waals surface area contributed by atoms with Gasteiger partial charge in [-0.2, -0.15) is 8.42 Å². The van der Waals surface area contributed by atoms with E-state index >= 15 is 0 Å². The minimum absolute atomic E-state index is 0.0672. The van der Waals surface area contributed by atoms with Crippen LogP contribution in [0.1, 0.15) is 40.0 Å². The van der Waals surface area contributed by atoms with E-state index in [1.165, 1.54) is 5.57 Å². The second kappa shape index (κ2) is 6.25. The van der Waals surface area contributed by atoms with Crippen molar-refractivity contribution in [2.75, 3.05) is 0 Å². The van der Waals surface area contributed by atoms with Gasteiger partial charge in [0.05, 0.1) is 0 Å². The second-order valence-corrected chi connectivity index (χ2v) is 5.74. The maximum Gasteiger partial charge on any atom is 0.291 e. The van der Waals surface area contributed by atoms with Crippen LogP contribution in [0.2, 0.25) is 0 Å². The molecule has 0 rings (SSSR count). The number of rotatable bonds is 6. The summed E-state index contributed by atoms with van der Waals surface area (Å²) in [5.74, 6) is 0.0672. The van der Waals surface area contributed by atoms with Crippen LogP contribution in [0.4, 0.5) is 0 Å². The lowest BCUT2D eigenvalue weighted by molar-refractivity contribution is 0.200. The molecule has 0 aromatic rings. The molecule has 0 aliphatic heterocycles. The van der Waals surface area contributed by atoms with Crippen molar-refractivity contribution in [2.24, 2.45) is 5.92 Å². The van der Waals surface area contributed by atoms with Gasteiger partial charge in [-0.25, -0.2) is 0 Å². The second-order valence-electron chi connectivity index (χ2n) is 4.17. The number of aliphatic hydroxyl groups is 1. The minimum Gasteiger partial charge on any atom is -0.375 e. The zero-order chi connectivity index (χ0) is 12.1. The zero-order valence-electron chi connectivity index (χ0n) is 9.47. The zero-order valence-corrected chi connectivity index (χ0v) is 10.3. The molecule has 2 atom stereocenters. The fraction of sp³-hybridized carbons (Fsp3) is 0.800. The number of allylic oxidation sites excluding steroid dienone is 2. The largest absolute Gasteiger partial charge is 0.375 e. The summed E-state index contributed by atoms with van der Waals surface area (Å²) in [4.78, 5) is 0. The first-order chi connectivity index (χ1) is 6.73. The molecule has 2 N–H and O–H groups in total. The molecule has 0 unspecified atom stereocenters. The first-order valence-electron chi connectivity index (χ1n) is 5.01. The van der Waals surface area contributed by atoms with Gasteiger partial charge in [0.2, 0.25) is 0 Å². The lowest BCUT2D eigenvalue weighted by atomic mass is 10.0. The van der Waals surface area contributed by atoms with Crippen molar-refractivity contribution in [1.29, 1.82) is 0 Å². The van der Waals surface area contributed by atoms with E-state index in [2.05, 4.69) is 6.08 Å². The molecule has 0 spiro atoms. The number of aliphatic hydroxyl groups excluding tert-OH is 1. The lowest BCUT2D eigenvalue weighted by Crippen LogP contribution is -2.22.